The van der Waals surface area contributed by atoms with Crippen molar-refractivity contribution < 1.29 is 9.22 Å². The predicted molar refractivity (Wildman–Crippen MR) is 84.5 cm³/mol. The Bertz CT molecular complexity index is 443. The fourth-order valence-corrected chi connectivity index (χ4v) is 3.31. The number of nitrogens with zero attached hydrogens (tertiary/aromatic N) is 1. The lowest BCUT2D eigenvalue weighted by atomic mass is 9.84. The highest BCUT2D eigenvalue weighted by Crippen LogP contribution is 2.37. The number of rotatable bonds is 5. The van der Waals surface area contributed by atoms with Crippen molar-refractivity contribution in [2.75, 3.05) is 5.33 Å². The molecule has 0 aliphatic carbocycles. The molecule has 0 aromatic carbocycles. The van der Waals surface area contributed by atoms with Crippen LogP contribution in [0.15, 0.2) is 18.3 Å². The minimum Gasteiger partial charge on any atom is -0.413 e. The van der Waals surface area contributed by atoms with Gasteiger partial charge < -0.3 is 4.43 Å². The number of ketones is 1. The molecule has 0 saturated heterocycles. The van der Waals surface area contributed by atoms with Crippen LogP contribution in [-0.2, 0) is 4.43 Å². The maximum Gasteiger partial charge on any atom is 0.192 e. The molecule has 0 saturated carbocycles. The largest absolute Gasteiger partial charge is 0.413 e. The molecule has 0 radical (unpaired) electrons. The highest BCUT2D eigenvalue weighted by molar-refractivity contribution is 9.09. The second kappa shape index (κ2) is 6.77. The van der Waals surface area contributed by atoms with Crippen LogP contribution in [0.25, 0.3) is 0 Å². The monoisotopic (exact) mass is 343 g/mol. The number of carbonyl (C=O) groups is 1. The Hall–Kier alpha value is -0.523. The molecule has 0 spiro atoms. The molecule has 0 fully saturated rings. The first-order valence-electron chi connectivity index (χ1n) is 6.47. The molecule has 1 aromatic rings. The van der Waals surface area contributed by atoms with Crippen LogP contribution in [0.4, 0.5) is 0 Å². The number of Topliss-reactive ketones (excluding diaryl/α,β-unsaturated/α-hetero) is 1. The van der Waals surface area contributed by atoms with Crippen LogP contribution in [-0.4, -0.2) is 25.1 Å². The first-order chi connectivity index (χ1) is 8.77. The Morgan fingerprint density at radius 3 is 2.58 bits per heavy atom. The van der Waals surface area contributed by atoms with E-state index < -0.39 is 9.04 Å². The van der Waals surface area contributed by atoms with E-state index in [1.54, 1.807) is 6.20 Å². The molecule has 0 aliphatic heterocycles. The molecule has 0 N–H and O–H groups in total. The lowest BCUT2D eigenvalue weighted by Crippen LogP contribution is -2.28. The average molecular weight is 344 g/mol. The van der Waals surface area contributed by atoms with Crippen molar-refractivity contribution in [1.82, 2.24) is 4.98 Å². The molecule has 0 bridgehead atoms. The fourth-order valence-electron chi connectivity index (χ4n) is 1.94. The summed E-state index contributed by atoms with van der Waals surface area (Å²) in [5, 5.41) is 0.285. The Labute approximate surface area is 125 Å². The molecule has 1 aromatic heterocycles. The summed E-state index contributed by atoms with van der Waals surface area (Å²) in [6.45, 7) is 10.7. The lowest BCUT2D eigenvalue weighted by molar-refractivity contribution is 0.0831. The Balaban J connectivity index is 3.26. The van der Waals surface area contributed by atoms with Crippen molar-refractivity contribution in [1.29, 1.82) is 0 Å². The van der Waals surface area contributed by atoms with Crippen LogP contribution in [0.2, 0.25) is 13.1 Å². The quantitative estimate of drug-likeness (QED) is 0.464. The van der Waals surface area contributed by atoms with E-state index in [4.69, 9.17) is 4.43 Å². The van der Waals surface area contributed by atoms with Gasteiger partial charge in [-0.25, -0.2) is 0 Å². The molecule has 3 nitrogen and oxygen atoms in total. The van der Waals surface area contributed by atoms with E-state index in [1.807, 2.05) is 12.1 Å². The van der Waals surface area contributed by atoms with Gasteiger partial charge in [-0.3, -0.25) is 9.78 Å². The predicted octanol–water partition coefficient (Wildman–Crippen LogP) is 3.75. The average Bonchev–Trinajstić information content (AvgIpc) is 2.33. The van der Waals surface area contributed by atoms with Crippen molar-refractivity contribution in [3.05, 3.63) is 29.6 Å². The summed E-state index contributed by atoms with van der Waals surface area (Å²) in [7, 11) is -1.21. The van der Waals surface area contributed by atoms with Gasteiger partial charge in [0.25, 0.3) is 0 Å². The topological polar surface area (TPSA) is 39.2 Å². The zero-order valence-electron chi connectivity index (χ0n) is 12.2. The normalized spacial score (nSPS) is 13.6. The minimum absolute atomic E-state index is 0.00104. The van der Waals surface area contributed by atoms with E-state index in [1.165, 1.54) is 0 Å². The van der Waals surface area contributed by atoms with Crippen LogP contribution in [0, 0.1) is 5.41 Å². The molecule has 0 amide bonds. The zero-order valence-corrected chi connectivity index (χ0v) is 15.0. The standard InChI is InChI=1S/C14H22BrNO2Si/c1-14(2,3)13(18-19(4)5)10-7-6-8-16-12(10)11(17)9-15/h6-8,13,19H,9H2,1-5H3. The van der Waals surface area contributed by atoms with Crippen LogP contribution in [0.3, 0.4) is 0 Å². The van der Waals surface area contributed by atoms with Crippen molar-refractivity contribution in [3.8, 4) is 0 Å². The summed E-state index contributed by atoms with van der Waals surface area (Å²) < 4.78 is 6.17. The summed E-state index contributed by atoms with van der Waals surface area (Å²) >= 11 is 3.21. The van der Waals surface area contributed by atoms with Crippen LogP contribution >= 0.6 is 15.9 Å². The Kier molecular flexibility index (Phi) is 5.89. The third kappa shape index (κ3) is 4.51. The van der Waals surface area contributed by atoms with Gasteiger partial charge >= 0.3 is 0 Å². The maximum absolute atomic E-state index is 12.0. The van der Waals surface area contributed by atoms with Gasteiger partial charge in [-0.2, -0.15) is 0 Å². The lowest BCUT2D eigenvalue weighted by Gasteiger charge is -2.33. The number of alkyl halides is 1. The first-order valence-corrected chi connectivity index (χ1v) is 10.4. The van der Waals surface area contributed by atoms with E-state index >= 15 is 0 Å². The number of halogens is 1. The second-order valence-electron chi connectivity index (χ2n) is 5.93. The molecular weight excluding hydrogens is 322 g/mol. The van der Waals surface area contributed by atoms with Crippen molar-refractivity contribution in [2.24, 2.45) is 5.41 Å². The van der Waals surface area contributed by atoms with Gasteiger partial charge in [0.05, 0.1) is 11.4 Å². The minimum atomic E-state index is -1.21. The van der Waals surface area contributed by atoms with Crippen molar-refractivity contribution in [2.45, 2.75) is 40.0 Å². The summed E-state index contributed by atoms with van der Waals surface area (Å²) in [5.41, 5.74) is 1.36. The Morgan fingerprint density at radius 1 is 1.47 bits per heavy atom. The van der Waals surface area contributed by atoms with E-state index in [9.17, 15) is 4.79 Å². The molecule has 1 atom stereocenters. The zero-order chi connectivity index (χ0) is 14.6. The van der Waals surface area contributed by atoms with Gasteiger partial charge in [0.1, 0.15) is 5.69 Å². The molecule has 1 heterocycles. The van der Waals surface area contributed by atoms with E-state index in [0.29, 0.717) is 5.69 Å². The van der Waals surface area contributed by atoms with E-state index in [2.05, 4.69) is 54.8 Å². The molecule has 106 valence electrons. The number of aromatic nitrogens is 1. The molecule has 0 aliphatic rings. The summed E-state index contributed by atoms with van der Waals surface area (Å²) in [5.74, 6) is -0.00104. The highest BCUT2D eigenvalue weighted by Gasteiger charge is 2.31. The smallest absolute Gasteiger partial charge is 0.192 e. The number of carbonyl (C=O) groups excluding carboxylic acids is 1. The molecule has 1 rings (SSSR count). The van der Waals surface area contributed by atoms with Crippen molar-refractivity contribution >= 4 is 30.8 Å². The van der Waals surface area contributed by atoms with Crippen LogP contribution in [0.5, 0.6) is 0 Å². The van der Waals surface area contributed by atoms with E-state index in [-0.39, 0.29) is 22.6 Å². The highest BCUT2D eigenvalue weighted by atomic mass is 79.9. The maximum atomic E-state index is 12.0. The molecular formula is C14H22BrNO2Si. The third-order valence-electron chi connectivity index (χ3n) is 2.70. The summed E-state index contributed by atoms with van der Waals surface area (Å²) in [6, 6.07) is 3.82. The van der Waals surface area contributed by atoms with Gasteiger partial charge in [0.15, 0.2) is 14.8 Å². The molecule has 1 unspecified atom stereocenters. The van der Waals surface area contributed by atoms with Gasteiger partial charge in [-0.1, -0.05) is 42.8 Å². The van der Waals surface area contributed by atoms with Gasteiger partial charge in [0, 0.05) is 11.8 Å². The van der Waals surface area contributed by atoms with Crippen molar-refractivity contribution in [3.63, 3.8) is 0 Å². The van der Waals surface area contributed by atoms with Gasteiger partial charge in [-0.15, -0.1) is 0 Å². The summed E-state index contributed by atoms with van der Waals surface area (Å²) in [6.07, 6.45) is 1.57. The van der Waals surface area contributed by atoms with Crippen LogP contribution in [0.1, 0.15) is 42.9 Å². The first kappa shape index (κ1) is 16.5. The number of pyridine rings is 1. The second-order valence-corrected chi connectivity index (χ2v) is 8.86. The van der Waals surface area contributed by atoms with Gasteiger partial charge in [-0.05, 0) is 24.6 Å². The summed E-state index contributed by atoms with van der Waals surface area (Å²) in [4.78, 5) is 16.2. The molecule has 5 heteroatoms. The fraction of sp³-hybridized carbons (Fsp3) is 0.571. The molecule has 19 heavy (non-hydrogen) atoms. The van der Waals surface area contributed by atoms with Gasteiger partial charge in [0.2, 0.25) is 0 Å². The third-order valence-corrected chi connectivity index (χ3v) is 4.03. The van der Waals surface area contributed by atoms with E-state index in [0.717, 1.165) is 5.56 Å². The van der Waals surface area contributed by atoms with Crippen LogP contribution < -0.4 is 0 Å². The Morgan fingerprint density at radius 2 is 2.11 bits per heavy atom. The number of hydrogen-bond acceptors (Lipinski definition) is 3. The SMILES string of the molecule is C[SiH](C)OC(c1cccnc1C(=O)CBr)C(C)(C)C. The number of hydrogen-bond donors (Lipinski definition) is 0.